The summed E-state index contributed by atoms with van der Waals surface area (Å²) in [6.07, 6.45) is 6.60. The first-order valence-electron chi connectivity index (χ1n) is 9.52. The molecule has 28 heavy (non-hydrogen) atoms. The lowest BCUT2D eigenvalue weighted by Gasteiger charge is -2.36. The third-order valence-electron chi connectivity index (χ3n) is 5.53. The van der Waals surface area contributed by atoms with Crippen molar-refractivity contribution in [3.05, 3.63) is 41.7 Å². The zero-order chi connectivity index (χ0) is 19.1. The molecule has 2 aliphatic heterocycles. The third-order valence-corrected chi connectivity index (χ3v) is 6.01. The van der Waals surface area contributed by atoms with Gasteiger partial charge in [0.2, 0.25) is 5.95 Å². The van der Waals surface area contributed by atoms with Crippen LogP contribution in [0.25, 0.3) is 11.5 Å². The number of hydrogen-bond donors (Lipinski definition) is 0. The lowest BCUT2D eigenvalue weighted by Crippen LogP contribution is -2.35. The minimum absolute atomic E-state index is 0.0205. The molecule has 1 saturated heterocycles. The van der Waals surface area contributed by atoms with E-state index in [1.54, 1.807) is 6.20 Å². The van der Waals surface area contributed by atoms with E-state index in [0.717, 1.165) is 67.6 Å². The van der Waals surface area contributed by atoms with Crippen LogP contribution in [0.4, 0.5) is 15.9 Å². The third kappa shape index (κ3) is 3.09. The van der Waals surface area contributed by atoms with Crippen molar-refractivity contribution in [1.82, 2.24) is 23.7 Å². The molecule has 1 atom stereocenters. The topological polar surface area (TPSA) is 70.9 Å². The Morgan fingerprint density at radius 2 is 1.96 bits per heavy atom. The normalized spacial score (nSPS) is 19.1. The van der Waals surface area contributed by atoms with Gasteiger partial charge in [0.15, 0.2) is 5.82 Å². The highest BCUT2D eigenvalue weighted by atomic mass is 32.1. The van der Waals surface area contributed by atoms with Crippen LogP contribution < -0.4 is 9.80 Å². The van der Waals surface area contributed by atoms with Crippen molar-refractivity contribution in [2.24, 2.45) is 0 Å². The number of aromatic nitrogens is 5. The molecular weight excluding hydrogens is 377 g/mol. The molecule has 3 aromatic rings. The van der Waals surface area contributed by atoms with Gasteiger partial charge >= 0.3 is 0 Å². The molecule has 9 heteroatoms. The monoisotopic (exact) mass is 397 g/mol. The summed E-state index contributed by atoms with van der Waals surface area (Å²) in [5.41, 5.74) is 3.68. The number of halogens is 1. The van der Waals surface area contributed by atoms with Gasteiger partial charge in [0.1, 0.15) is 11.5 Å². The summed E-state index contributed by atoms with van der Waals surface area (Å²) in [6.45, 7) is 4.77. The van der Waals surface area contributed by atoms with Crippen LogP contribution in [0.15, 0.2) is 24.5 Å². The predicted octanol–water partition coefficient (Wildman–Crippen LogP) is 3.25. The molecule has 1 unspecified atom stereocenters. The maximum atomic E-state index is 14.3. The van der Waals surface area contributed by atoms with Gasteiger partial charge in [-0.1, -0.05) is 0 Å². The van der Waals surface area contributed by atoms with Crippen LogP contribution in [0, 0.1) is 5.95 Å². The average molecular weight is 397 g/mol. The molecule has 3 aromatic heterocycles. The van der Waals surface area contributed by atoms with Gasteiger partial charge < -0.3 is 9.80 Å². The summed E-state index contributed by atoms with van der Waals surface area (Å²) < 4.78 is 22.5. The van der Waals surface area contributed by atoms with E-state index in [-0.39, 0.29) is 6.04 Å². The van der Waals surface area contributed by atoms with Gasteiger partial charge in [0, 0.05) is 55.6 Å². The molecule has 144 valence electrons. The fourth-order valence-electron chi connectivity index (χ4n) is 4.04. The van der Waals surface area contributed by atoms with Crippen molar-refractivity contribution in [1.29, 1.82) is 0 Å². The Balaban J connectivity index is 1.45. The Kier molecular flexibility index (Phi) is 4.38. The van der Waals surface area contributed by atoms with Crippen LogP contribution in [-0.2, 0) is 6.42 Å². The standard InChI is InChI=1S/C19H20FN7S/c1-12-14-10-21-19(16-11-22-28-25-16)23-15(14)4-7-27(12)18-9-13(8-17(20)24-18)26-5-2-3-6-26/h8-12H,2-7H2,1H3. The van der Waals surface area contributed by atoms with Crippen molar-refractivity contribution in [2.75, 3.05) is 29.4 Å². The zero-order valence-corrected chi connectivity index (χ0v) is 16.4. The minimum Gasteiger partial charge on any atom is -0.371 e. The molecule has 2 aliphatic rings. The zero-order valence-electron chi connectivity index (χ0n) is 15.5. The van der Waals surface area contributed by atoms with Gasteiger partial charge in [-0.05, 0) is 19.8 Å². The number of nitrogens with zero attached hydrogens (tertiary/aromatic N) is 7. The van der Waals surface area contributed by atoms with Gasteiger partial charge in [0.25, 0.3) is 0 Å². The molecule has 5 rings (SSSR count). The van der Waals surface area contributed by atoms with Crippen LogP contribution in [0.5, 0.6) is 0 Å². The number of pyridine rings is 1. The van der Waals surface area contributed by atoms with E-state index in [0.29, 0.717) is 17.3 Å². The van der Waals surface area contributed by atoms with Crippen LogP contribution in [-0.4, -0.2) is 43.3 Å². The van der Waals surface area contributed by atoms with Crippen LogP contribution in [0.2, 0.25) is 0 Å². The maximum Gasteiger partial charge on any atom is 0.216 e. The molecule has 0 bridgehead atoms. The highest BCUT2D eigenvalue weighted by Crippen LogP contribution is 2.34. The first kappa shape index (κ1) is 17.4. The van der Waals surface area contributed by atoms with E-state index in [1.807, 2.05) is 12.3 Å². The Bertz CT molecular complexity index is 988. The fourth-order valence-corrected chi connectivity index (χ4v) is 4.45. The molecule has 0 saturated carbocycles. The van der Waals surface area contributed by atoms with E-state index in [1.165, 1.54) is 6.07 Å². The summed E-state index contributed by atoms with van der Waals surface area (Å²) >= 11 is 1.15. The molecule has 5 heterocycles. The van der Waals surface area contributed by atoms with E-state index in [9.17, 15) is 4.39 Å². The quantitative estimate of drug-likeness (QED) is 0.628. The SMILES string of the molecule is CC1c2cnc(-c3cnsn3)nc2CCN1c1cc(N2CCCC2)cc(F)n1. The van der Waals surface area contributed by atoms with E-state index < -0.39 is 5.95 Å². The first-order valence-corrected chi connectivity index (χ1v) is 10.2. The molecule has 0 aromatic carbocycles. The second kappa shape index (κ2) is 7.05. The van der Waals surface area contributed by atoms with Crippen molar-refractivity contribution < 1.29 is 4.39 Å². The van der Waals surface area contributed by atoms with E-state index in [2.05, 4.69) is 35.4 Å². The van der Waals surface area contributed by atoms with Crippen LogP contribution in [0.3, 0.4) is 0 Å². The Hall–Kier alpha value is -2.68. The Labute approximate surface area is 166 Å². The molecule has 0 spiro atoms. The second-order valence-corrected chi connectivity index (χ2v) is 7.76. The fraction of sp³-hybridized carbons (Fsp3) is 0.421. The van der Waals surface area contributed by atoms with Crippen LogP contribution >= 0.6 is 11.7 Å². The molecular formula is C19H20FN7S. The van der Waals surface area contributed by atoms with Gasteiger partial charge in [-0.25, -0.2) is 15.0 Å². The smallest absolute Gasteiger partial charge is 0.216 e. The highest BCUT2D eigenvalue weighted by Gasteiger charge is 2.28. The van der Waals surface area contributed by atoms with Crippen LogP contribution in [0.1, 0.15) is 37.1 Å². The number of hydrogen-bond acceptors (Lipinski definition) is 8. The van der Waals surface area contributed by atoms with Gasteiger partial charge in [0.05, 0.1) is 29.7 Å². The maximum absolute atomic E-state index is 14.3. The Morgan fingerprint density at radius 1 is 1.11 bits per heavy atom. The summed E-state index contributed by atoms with van der Waals surface area (Å²) in [5.74, 6) is 0.848. The van der Waals surface area contributed by atoms with Crippen molar-refractivity contribution >= 4 is 23.2 Å². The summed E-state index contributed by atoms with van der Waals surface area (Å²) in [6, 6.07) is 3.56. The summed E-state index contributed by atoms with van der Waals surface area (Å²) in [7, 11) is 0. The summed E-state index contributed by atoms with van der Waals surface area (Å²) in [5, 5.41) is 0. The van der Waals surface area contributed by atoms with Gasteiger partial charge in [-0.2, -0.15) is 13.1 Å². The summed E-state index contributed by atoms with van der Waals surface area (Å²) in [4.78, 5) is 17.7. The van der Waals surface area contributed by atoms with E-state index in [4.69, 9.17) is 4.98 Å². The Morgan fingerprint density at radius 3 is 2.75 bits per heavy atom. The molecule has 1 fully saturated rings. The lowest BCUT2D eigenvalue weighted by atomic mass is 9.99. The molecule has 0 amide bonds. The van der Waals surface area contributed by atoms with Crippen molar-refractivity contribution in [3.8, 4) is 11.5 Å². The first-order chi connectivity index (χ1) is 13.7. The van der Waals surface area contributed by atoms with Crippen molar-refractivity contribution in [2.45, 2.75) is 32.2 Å². The molecule has 0 aliphatic carbocycles. The molecule has 0 N–H and O–H groups in total. The predicted molar refractivity (Wildman–Crippen MR) is 106 cm³/mol. The average Bonchev–Trinajstić information content (AvgIpc) is 3.41. The number of rotatable bonds is 3. The lowest BCUT2D eigenvalue weighted by molar-refractivity contribution is 0.562. The number of fused-ring (bicyclic) bond motifs is 1. The van der Waals surface area contributed by atoms with Crippen molar-refractivity contribution in [3.63, 3.8) is 0 Å². The van der Waals surface area contributed by atoms with Gasteiger partial charge in [-0.15, -0.1) is 0 Å². The largest absolute Gasteiger partial charge is 0.371 e. The van der Waals surface area contributed by atoms with E-state index >= 15 is 0 Å². The molecule has 0 radical (unpaired) electrons. The van der Waals surface area contributed by atoms with Gasteiger partial charge in [-0.3, -0.25) is 0 Å². The molecule has 7 nitrogen and oxygen atoms in total. The highest BCUT2D eigenvalue weighted by molar-refractivity contribution is 6.99. The number of anilines is 2. The second-order valence-electron chi connectivity index (χ2n) is 7.21. The minimum atomic E-state index is -0.431.